The normalized spacial score (nSPS) is 16.1. The number of rotatable bonds is 6. The lowest BCUT2D eigenvalue weighted by atomic mass is 10.4. The second-order valence-corrected chi connectivity index (χ2v) is 8.37. The summed E-state index contributed by atoms with van der Waals surface area (Å²) >= 11 is 4.77. The third kappa shape index (κ3) is 3.59. The quantitative estimate of drug-likeness (QED) is 0.828. The van der Waals surface area contributed by atoms with Crippen LogP contribution in [0.5, 0.6) is 0 Å². The topological polar surface area (TPSA) is 54.9 Å². The van der Waals surface area contributed by atoms with Crippen LogP contribution in [0.1, 0.15) is 35.6 Å². The molecule has 0 saturated heterocycles. The second kappa shape index (κ2) is 6.24. The first-order valence-electron chi connectivity index (χ1n) is 6.52. The van der Waals surface area contributed by atoms with Crippen molar-refractivity contribution in [3.63, 3.8) is 0 Å². The molecular formula is C13H15N3OS3. The fraction of sp³-hybridized carbons (Fsp3) is 0.462. The summed E-state index contributed by atoms with van der Waals surface area (Å²) in [6, 6.07) is 4.01. The van der Waals surface area contributed by atoms with Gasteiger partial charge in [0.15, 0.2) is 4.34 Å². The molecule has 1 amide bonds. The molecule has 0 radical (unpaired) electrons. The highest BCUT2D eigenvalue weighted by Gasteiger charge is 2.28. The Balaban J connectivity index is 1.49. The number of amides is 1. The van der Waals surface area contributed by atoms with E-state index in [0.29, 0.717) is 12.5 Å². The molecule has 7 heteroatoms. The summed E-state index contributed by atoms with van der Waals surface area (Å²) < 4.78 is 0.894. The number of nitrogens with one attached hydrogen (secondary N) is 1. The summed E-state index contributed by atoms with van der Waals surface area (Å²) in [5.41, 5.74) is 0. The number of thiophene rings is 1. The molecule has 2 heterocycles. The molecule has 2 aromatic rings. The number of hydrogen-bond acceptors (Lipinski definition) is 6. The molecule has 0 spiro atoms. The lowest BCUT2D eigenvalue weighted by Gasteiger charge is -2.09. The van der Waals surface area contributed by atoms with Crippen molar-refractivity contribution in [3.05, 3.63) is 27.4 Å². The van der Waals surface area contributed by atoms with Crippen molar-refractivity contribution in [2.75, 3.05) is 0 Å². The third-order valence-electron chi connectivity index (χ3n) is 3.01. The zero-order valence-electron chi connectivity index (χ0n) is 11.0. The largest absolute Gasteiger partial charge is 0.350 e. The van der Waals surface area contributed by atoms with E-state index in [0.717, 1.165) is 9.35 Å². The lowest BCUT2D eigenvalue weighted by Crippen LogP contribution is -2.30. The fourth-order valence-corrected chi connectivity index (χ4v) is 4.55. The van der Waals surface area contributed by atoms with Gasteiger partial charge < -0.3 is 5.32 Å². The second-order valence-electron chi connectivity index (χ2n) is 4.74. The van der Waals surface area contributed by atoms with E-state index in [1.807, 2.05) is 24.4 Å². The molecule has 1 N–H and O–H groups in total. The van der Waals surface area contributed by atoms with Crippen LogP contribution in [-0.4, -0.2) is 21.4 Å². The molecule has 3 rings (SSSR count). The van der Waals surface area contributed by atoms with Crippen molar-refractivity contribution in [2.24, 2.45) is 0 Å². The van der Waals surface area contributed by atoms with Crippen LogP contribution in [0, 0.1) is 0 Å². The molecule has 0 unspecified atom stereocenters. The van der Waals surface area contributed by atoms with Gasteiger partial charge in [0, 0.05) is 10.8 Å². The highest BCUT2D eigenvalue weighted by Crippen LogP contribution is 2.42. The summed E-state index contributed by atoms with van der Waals surface area (Å²) in [6.45, 7) is 2.51. The van der Waals surface area contributed by atoms with Gasteiger partial charge in [-0.2, -0.15) is 0 Å². The molecule has 1 aliphatic rings. The molecule has 20 heavy (non-hydrogen) atoms. The Kier molecular flexibility index (Phi) is 4.38. The summed E-state index contributed by atoms with van der Waals surface area (Å²) in [7, 11) is 0. The maximum absolute atomic E-state index is 12.0. The Morgan fingerprint density at radius 2 is 2.40 bits per heavy atom. The van der Waals surface area contributed by atoms with Crippen LogP contribution in [0.2, 0.25) is 0 Å². The highest BCUT2D eigenvalue weighted by atomic mass is 32.2. The van der Waals surface area contributed by atoms with Gasteiger partial charge >= 0.3 is 0 Å². The van der Waals surface area contributed by atoms with E-state index in [1.54, 1.807) is 22.7 Å². The van der Waals surface area contributed by atoms with Crippen LogP contribution in [0.25, 0.3) is 0 Å². The molecule has 0 aromatic carbocycles. The molecule has 1 atom stereocenters. The fourth-order valence-electron chi connectivity index (χ4n) is 1.70. The van der Waals surface area contributed by atoms with Gasteiger partial charge in [-0.15, -0.1) is 21.5 Å². The standard InChI is InChI=1S/C13H15N3OS3/c1-8(11(17)14-7-10-3-2-6-18-10)19-13-16-15-12(20-13)9-4-5-9/h2-3,6,8-9H,4-5,7H2,1H3,(H,14,17)/t8-/m0/s1. The van der Waals surface area contributed by atoms with Crippen LogP contribution in [0.3, 0.4) is 0 Å². The smallest absolute Gasteiger partial charge is 0.233 e. The minimum Gasteiger partial charge on any atom is -0.350 e. The Morgan fingerprint density at radius 3 is 3.10 bits per heavy atom. The van der Waals surface area contributed by atoms with Crippen molar-refractivity contribution in [3.8, 4) is 0 Å². The number of thioether (sulfide) groups is 1. The first-order chi connectivity index (χ1) is 9.72. The van der Waals surface area contributed by atoms with E-state index >= 15 is 0 Å². The predicted octanol–water partition coefficient (Wildman–Crippen LogP) is 3.27. The SMILES string of the molecule is C[C@H](Sc1nnc(C2CC2)s1)C(=O)NCc1cccs1. The highest BCUT2D eigenvalue weighted by molar-refractivity contribution is 8.02. The third-order valence-corrected chi connectivity index (χ3v) is 6.16. The van der Waals surface area contributed by atoms with E-state index in [-0.39, 0.29) is 11.2 Å². The molecule has 1 saturated carbocycles. The zero-order chi connectivity index (χ0) is 13.9. The van der Waals surface area contributed by atoms with Crippen molar-refractivity contribution < 1.29 is 4.79 Å². The summed E-state index contributed by atoms with van der Waals surface area (Å²) in [5, 5.41) is 14.3. The number of carbonyl (C=O) groups excluding carboxylic acids is 1. The molecule has 106 valence electrons. The van der Waals surface area contributed by atoms with Crippen molar-refractivity contribution >= 4 is 40.3 Å². The van der Waals surface area contributed by atoms with Gasteiger partial charge in [-0.1, -0.05) is 29.2 Å². The van der Waals surface area contributed by atoms with Crippen molar-refractivity contribution in [2.45, 2.75) is 41.8 Å². The van der Waals surface area contributed by atoms with E-state index in [2.05, 4.69) is 15.5 Å². The van der Waals surface area contributed by atoms with Gasteiger partial charge in [-0.25, -0.2) is 0 Å². The van der Waals surface area contributed by atoms with Gasteiger partial charge in [-0.3, -0.25) is 4.79 Å². The maximum atomic E-state index is 12.0. The van der Waals surface area contributed by atoms with Crippen LogP contribution in [0.4, 0.5) is 0 Å². The molecule has 0 bridgehead atoms. The first-order valence-corrected chi connectivity index (χ1v) is 9.10. The molecule has 1 fully saturated rings. The van der Waals surface area contributed by atoms with Crippen LogP contribution >= 0.6 is 34.4 Å². The minimum absolute atomic E-state index is 0.0478. The van der Waals surface area contributed by atoms with Gasteiger partial charge in [0.05, 0.1) is 11.8 Å². The van der Waals surface area contributed by atoms with Crippen molar-refractivity contribution in [1.82, 2.24) is 15.5 Å². The molecular weight excluding hydrogens is 310 g/mol. The lowest BCUT2D eigenvalue weighted by molar-refractivity contribution is -0.120. The predicted molar refractivity (Wildman–Crippen MR) is 83.4 cm³/mol. The van der Waals surface area contributed by atoms with Gasteiger partial charge in [-0.05, 0) is 31.2 Å². The van der Waals surface area contributed by atoms with Crippen LogP contribution in [-0.2, 0) is 11.3 Å². The average Bonchev–Trinajstić information content (AvgIpc) is 2.98. The summed E-state index contributed by atoms with van der Waals surface area (Å²) in [5.74, 6) is 0.677. The van der Waals surface area contributed by atoms with Crippen LogP contribution < -0.4 is 5.32 Å². The Hall–Kier alpha value is -0.920. The van der Waals surface area contributed by atoms with Crippen LogP contribution in [0.15, 0.2) is 21.9 Å². The molecule has 2 aromatic heterocycles. The van der Waals surface area contributed by atoms with Gasteiger partial charge in [0.25, 0.3) is 0 Å². The number of hydrogen-bond donors (Lipinski definition) is 1. The summed E-state index contributed by atoms with van der Waals surface area (Å²) in [6.07, 6.45) is 2.46. The Morgan fingerprint density at radius 1 is 1.55 bits per heavy atom. The Bertz CT molecular complexity index is 577. The van der Waals surface area contributed by atoms with E-state index in [9.17, 15) is 4.79 Å². The summed E-state index contributed by atoms with van der Waals surface area (Å²) in [4.78, 5) is 13.2. The minimum atomic E-state index is -0.144. The molecule has 4 nitrogen and oxygen atoms in total. The maximum Gasteiger partial charge on any atom is 0.233 e. The van der Waals surface area contributed by atoms with Gasteiger partial charge in [0.2, 0.25) is 5.91 Å². The number of aromatic nitrogens is 2. The average molecular weight is 325 g/mol. The van der Waals surface area contributed by atoms with E-state index < -0.39 is 0 Å². The molecule has 1 aliphatic carbocycles. The van der Waals surface area contributed by atoms with Crippen molar-refractivity contribution in [1.29, 1.82) is 0 Å². The van der Waals surface area contributed by atoms with E-state index in [4.69, 9.17) is 0 Å². The Labute approximate surface area is 130 Å². The zero-order valence-corrected chi connectivity index (χ0v) is 13.5. The van der Waals surface area contributed by atoms with E-state index in [1.165, 1.54) is 29.5 Å². The number of nitrogens with zero attached hydrogens (tertiary/aromatic N) is 2. The molecule has 0 aliphatic heterocycles. The first kappa shape index (κ1) is 14.0. The number of carbonyl (C=O) groups is 1. The monoisotopic (exact) mass is 325 g/mol. The van der Waals surface area contributed by atoms with Gasteiger partial charge in [0.1, 0.15) is 5.01 Å².